The minimum Gasteiger partial charge on any atom is -0.501 e. The first-order chi connectivity index (χ1) is 11.4. The van der Waals surface area contributed by atoms with E-state index < -0.39 is 0 Å². The number of Topliss-reactive ketones (excluding diaryl/α,β-unsaturated/α-hetero) is 1. The summed E-state index contributed by atoms with van der Waals surface area (Å²) in [6.07, 6.45) is 13.5. The molecule has 3 rings (SSSR count). The first-order valence-corrected chi connectivity index (χ1v) is 9.53. The summed E-state index contributed by atoms with van der Waals surface area (Å²) in [4.78, 5) is 12.5. The highest BCUT2D eigenvalue weighted by Crippen LogP contribution is 2.59. The fraction of sp³-hybridized carbons (Fsp3) is 0.682. The van der Waals surface area contributed by atoms with Crippen molar-refractivity contribution in [1.29, 1.82) is 0 Å². The number of ketones is 1. The Bertz CT molecular complexity index is 624. The third-order valence-electron chi connectivity index (χ3n) is 7.17. The van der Waals surface area contributed by atoms with E-state index >= 15 is 0 Å². The van der Waals surface area contributed by atoms with Crippen LogP contribution in [0.3, 0.4) is 0 Å². The first-order valence-electron chi connectivity index (χ1n) is 9.53. The summed E-state index contributed by atoms with van der Waals surface area (Å²) in [5.41, 5.74) is 2.97. The van der Waals surface area contributed by atoms with Crippen molar-refractivity contribution in [3.63, 3.8) is 0 Å². The normalized spacial score (nSPS) is 38.3. The number of carbonyl (C=O) groups excluding carboxylic acids is 1. The van der Waals surface area contributed by atoms with Crippen LogP contribution in [-0.4, -0.2) is 12.9 Å². The average Bonchev–Trinajstić information content (AvgIpc) is 2.56. The van der Waals surface area contributed by atoms with Crippen LogP contribution in [0.15, 0.2) is 35.1 Å². The summed E-state index contributed by atoms with van der Waals surface area (Å²) in [5.74, 6) is 2.47. The van der Waals surface area contributed by atoms with Crippen LogP contribution in [0, 0.1) is 22.7 Å². The Balaban J connectivity index is 2.03. The van der Waals surface area contributed by atoms with Crippen molar-refractivity contribution in [2.45, 2.75) is 66.2 Å². The Morgan fingerprint density at radius 2 is 2.08 bits per heavy atom. The number of methoxy groups -OCH3 is 1. The zero-order chi connectivity index (χ0) is 17.5. The molecular formula is C22H32O2. The van der Waals surface area contributed by atoms with E-state index in [0.717, 1.165) is 44.3 Å². The molecule has 0 amide bonds. The molecule has 4 unspecified atom stereocenters. The molecule has 0 aromatic carbocycles. The highest BCUT2D eigenvalue weighted by atomic mass is 16.5. The zero-order valence-electron chi connectivity index (χ0n) is 15.9. The number of allylic oxidation sites excluding steroid dienone is 6. The van der Waals surface area contributed by atoms with E-state index in [1.54, 1.807) is 19.6 Å². The summed E-state index contributed by atoms with van der Waals surface area (Å²) in [5, 5.41) is 0. The van der Waals surface area contributed by atoms with Gasteiger partial charge in [-0.1, -0.05) is 44.9 Å². The first kappa shape index (κ1) is 17.5. The maximum atomic E-state index is 12.5. The number of hydrogen-bond acceptors (Lipinski definition) is 2. The van der Waals surface area contributed by atoms with Crippen molar-refractivity contribution in [3.05, 3.63) is 35.1 Å². The van der Waals surface area contributed by atoms with Crippen molar-refractivity contribution in [2.75, 3.05) is 7.11 Å². The smallest absolute Gasteiger partial charge is 0.136 e. The van der Waals surface area contributed by atoms with E-state index in [-0.39, 0.29) is 10.8 Å². The maximum absolute atomic E-state index is 12.5. The quantitative estimate of drug-likeness (QED) is 0.627. The highest BCUT2D eigenvalue weighted by molar-refractivity contribution is 5.83. The van der Waals surface area contributed by atoms with Gasteiger partial charge in [0.05, 0.1) is 12.9 Å². The molecule has 0 spiro atoms. The minimum absolute atomic E-state index is 0.134. The molecule has 0 saturated carbocycles. The van der Waals surface area contributed by atoms with E-state index in [4.69, 9.17) is 4.74 Å². The Morgan fingerprint density at radius 3 is 2.71 bits per heavy atom. The standard InChI is InChI=1S/C22H32O2/c1-6-7-19-18-9-8-16-14-17(24-5)10-12-22(16,4)20(18)11-13-21(19,3)15(2)23/h8,11,14,18-19H,6-7,9-10,12-13H2,1-5H3. The van der Waals surface area contributed by atoms with Crippen LogP contribution in [0.5, 0.6) is 0 Å². The third kappa shape index (κ3) is 2.50. The molecule has 0 aromatic rings. The van der Waals surface area contributed by atoms with Crippen LogP contribution in [-0.2, 0) is 9.53 Å². The molecule has 0 N–H and O–H groups in total. The largest absolute Gasteiger partial charge is 0.501 e. The van der Waals surface area contributed by atoms with Crippen molar-refractivity contribution in [1.82, 2.24) is 0 Å². The van der Waals surface area contributed by atoms with Crippen LogP contribution >= 0.6 is 0 Å². The molecule has 0 bridgehead atoms. The van der Waals surface area contributed by atoms with Crippen LogP contribution in [0.1, 0.15) is 66.2 Å². The summed E-state index contributed by atoms with van der Waals surface area (Å²) in [7, 11) is 1.77. The van der Waals surface area contributed by atoms with E-state index in [0.29, 0.717) is 17.6 Å². The summed E-state index contributed by atoms with van der Waals surface area (Å²) >= 11 is 0. The second-order valence-corrected chi connectivity index (χ2v) is 8.38. The molecular weight excluding hydrogens is 296 g/mol. The Labute approximate surface area is 147 Å². The zero-order valence-corrected chi connectivity index (χ0v) is 15.9. The topological polar surface area (TPSA) is 26.3 Å². The Hall–Kier alpha value is -1.31. The summed E-state index contributed by atoms with van der Waals surface area (Å²) in [6, 6.07) is 0. The lowest BCUT2D eigenvalue weighted by Crippen LogP contribution is -2.46. The Kier molecular flexibility index (Phi) is 4.53. The molecule has 0 aliphatic heterocycles. The van der Waals surface area contributed by atoms with Gasteiger partial charge < -0.3 is 4.74 Å². The van der Waals surface area contributed by atoms with Gasteiger partial charge in [-0.05, 0) is 56.1 Å². The summed E-state index contributed by atoms with van der Waals surface area (Å²) in [6.45, 7) is 8.65. The molecule has 3 aliphatic rings. The van der Waals surface area contributed by atoms with Crippen LogP contribution in [0.25, 0.3) is 0 Å². The molecule has 0 heterocycles. The van der Waals surface area contributed by atoms with Crippen molar-refractivity contribution in [3.8, 4) is 0 Å². The number of carbonyl (C=O) groups is 1. The molecule has 24 heavy (non-hydrogen) atoms. The van der Waals surface area contributed by atoms with E-state index in [1.807, 2.05) is 0 Å². The molecule has 0 fully saturated rings. The van der Waals surface area contributed by atoms with E-state index in [9.17, 15) is 4.79 Å². The summed E-state index contributed by atoms with van der Waals surface area (Å²) < 4.78 is 5.50. The molecule has 2 nitrogen and oxygen atoms in total. The molecule has 2 heteroatoms. The maximum Gasteiger partial charge on any atom is 0.136 e. The van der Waals surface area contributed by atoms with Crippen molar-refractivity contribution in [2.24, 2.45) is 22.7 Å². The average molecular weight is 328 g/mol. The number of ether oxygens (including phenoxy) is 1. The fourth-order valence-electron chi connectivity index (χ4n) is 5.38. The lowest BCUT2D eigenvalue weighted by atomic mass is 9.51. The Morgan fingerprint density at radius 1 is 1.33 bits per heavy atom. The van der Waals surface area contributed by atoms with Crippen LogP contribution in [0.2, 0.25) is 0 Å². The molecule has 4 atom stereocenters. The SMILES string of the molecule is CCCC1C2CC=C3C=C(OC)CCC3(C)C2=CCC1(C)C(C)=O. The van der Waals surface area contributed by atoms with Crippen LogP contribution < -0.4 is 0 Å². The molecule has 0 saturated heterocycles. The van der Waals surface area contributed by atoms with Gasteiger partial charge in [0.1, 0.15) is 5.78 Å². The number of rotatable bonds is 4. The highest BCUT2D eigenvalue weighted by Gasteiger charge is 2.51. The van der Waals surface area contributed by atoms with Gasteiger partial charge in [0.25, 0.3) is 0 Å². The van der Waals surface area contributed by atoms with Crippen molar-refractivity contribution >= 4 is 5.78 Å². The van der Waals surface area contributed by atoms with Gasteiger partial charge in [-0.25, -0.2) is 0 Å². The third-order valence-corrected chi connectivity index (χ3v) is 7.17. The fourth-order valence-corrected chi connectivity index (χ4v) is 5.38. The van der Waals surface area contributed by atoms with Gasteiger partial charge >= 0.3 is 0 Å². The van der Waals surface area contributed by atoms with E-state index in [1.165, 1.54) is 5.57 Å². The second-order valence-electron chi connectivity index (χ2n) is 8.38. The number of fused-ring (bicyclic) bond motifs is 3. The monoisotopic (exact) mass is 328 g/mol. The van der Waals surface area contributed by atoms with Gasteiger partial charge in [0.2, 0.25) is 0 Å². The van der Waals surface area contributed by atoms with Gasteiger partial charge in [0, 0.05) is 17.3 Å². The van der Waals surface area contributed by atoms with Gasteiger partial charge in [-0.3, -0.25) is 4.79 Å². The molecule has 132 valence electrons. The van der Waals surface area contributed by atoms with Gasteiger partial charge in [-0.15, -0.1) is 0 Å². The lowest BCUT2D eigenvalue weighted by Gasteiger charge is -2.52. The number of hydrogen-bond donors (Lipinski definition) is 0. The van der Waals surface area contributed by atoms with Gasteiger partial charge in [0.15, 0.2) is 0 Å². The van der Waals surface area contributed by atoms with Crippen molar-refractivity contribution < 1.29 is 9.53 Å². The lowest BCUT2D eigenvalue weighted by molar-refractivity contribution is -0.130. The van der Waals surface area contributed by atoms with E-state index in [2.05, 4.69) is 39.0 Å². The molecule has 0 aromatic heterocycles. The predicted molar refractivity (Wildman–Crippen MR) is 98.5 cm³/mol. The second kappa shape index (κ2) is 6.20. The van der Waals surface area contributed by atoms with Gasteiger partial charge in [-0.2, -0.15) is 0 Å². The minimum atomic E-state index is -0.186. The van der Waals surface area contributed by atoms with Crippen LogP contribution in [0.4, 0.5) is 0 Å². The molecule has 0 radical (unpaired) electrons. The predicted octanol–water partition coefficient (Wildman–Crippen LogP) is 5.60. The molecule has 3 aliphatic carbocycles.